The van der Waals surface area contributed by atoms with Crippen molar-refractivity contribution in [2.45, 2.75) is 6.92 Å². The van der Waals surface area contributed by atoms with Gasteiger partial charge in [-0.25, -0.2) is 4.79 Å². The molecule has 2 rings (SSSR count). The van der Waals surface area contributed by atoms with E-state index in [1.165, 1.54) is 11.8 Å². The van der Waals surface area contributed by atoms with Crippen LogP contribution in [-0.2, 0) is 14.3 Å². The van der Waals surface area contributed by atoms with Crippen molar-refractivity contribution in [1.29, 1.82) is 0 Å². The summed E-state index contributed by atoms with van der Waals surface area (Å²) in [7, 11) is 0. The molecule has 0 unspecified atom stereocenters. The van der Waals surface area contributed by atoms with E-state index in [0.717, 1.165) is 4.90 Å². The molecule has 9 heteroatoms. The van der Waals surface area contributed by atoms with Gasteiger partial charge in [-0.15, -0.1) is 0 Å². The normalized spacial score (nSPS) is 21.5. The number of aliphatic imine (C=N–C) groups is 1. The zero-order chi connectivity index (χ0) is 15.2. The summed E-state index contributed by atoms with van der Waals surface area (Å²) in [6.45, 7) is 4.94. The minimum atomic E-state index is -0.298. The number of rotatable bonds is 3. The molecule has 0 aromatic carbocycles. The second-order valence-corrected chi connectivity index (χ2v) is 5.72. The third-order valence-electron chi connectivity index (χ3n) is 3.21. The summed E-state index contributed by atoms with van der Waals surface area (Å²) in [6.07, 6.45) is -0.298. The van der Waals surface area contributed by atoms with Gasteiger partial charge in [-0.3, -0.25) is 14.5 Å². The van der Waals surface area contributed by atoms with E-state index in [1.807, 2.05) is 0 Å². The van der Waals surface area contributed by atoms with E-state index in [9.17, 15) is 14.4 Å². The molecule has 2 saturated heterocycles. The number of carbonyl (C=O) groups is 3. The first-order chi connectivity index (χ1) is 10.1. The summed E-state index contributed by atoms with van der Waals surface area (Å²) in [5, 5.41) is 2.92. The monoisotopic (exact) mass is 315 g/mol. The number of amides is 3. The van der Waals surface area contributed by atoms with Crippen molar-refractivity contribution in [2.75, 3.05) is 45.1 Å². The molecule has 21 heavy (non-hydrogen) atoms. The summed E-state index contributed by atoms with van der Waals surface area (Å²) in [5.74, 6) is -0.0572. The fourth-order valence-electron chi connectivity index (χ4n) is 2.15. The highest BCUT2D eigenvalue weighted by Crippen LogP contribution is 2.08. The summed E-state index contributed by atoms with van der Waals surface area (Å²) < 4.78 is 4.94. The number of nitrogens with one attached hydrogen (secondary N) is 2. The first-order valence-electron chi connectivity index (χ1n) is 6.88. The van der Waals surface area contributed by atoms with Gasteiger partial charge in [-0.05, 0) is 6.92 Å². The lowest BCUT2D eigenvalue weighted by Gasteiger charge is -2.30. The summed E-state index contributed by atoms with van der Waals surface area (Å²) in [6, 6.07) is 0. The van der Waals surface area contributed by atoms with Gasteiger partial charge in [0.05, 0.1) is 38.5 Å². The molecule has 0 saturated carbocycles. The maximum atomic E-state index is 11.8. The van der Waals surface area contributed by atoms with Crippen LogP contribution >= 0.6 is 11.8 Å². The van der Waals surface area contributed by atoms with Crippen molar-refractivity contribution in [3.63, 3.8) is 0 Å². The van der Waals surface area contributed by atoms with Crippen LogP contribution in [0.5, 0.6) is 0 Å². The maximum absolute atomic E-state index is 11.8. The van der Waals surface area contributed by atoms with Gasteiger partial charge < -0.3 is 15.0 Å². The molecule has 0 spiro atoms. The van der Waals surface area contributed by atoms with Crippen LogP contribution in [0, 0.1) is 0 Å². The van der Waals surface area contributed by atoms with Crippen molar-refractivity contribution in [1.82, 2.24) is 10.2 Å². The van der Waals surface area contributed by atoms with E-state index in [2.05, 4.69) is 10.3 Å². The lowest BCUT2D eigenvalue weighted by molar-refractivity contribution is -0.895. The molecule has 0 aliphatic carbocycles. The average molecular weight is 315 g/mol. The van der Waals surface area contributed by atoms with Gasteiger partial charge >= 0.3 is 12.0 Å². The van der Waals surface area contributed by atoms with E-state index in [-0.39, 0.29) is 24.5 Å². The Morgan fingerprint density at radius 3 is 2.71 bits per heavy atom. The molecule has 2 heterocycles. The lowest BCUT2D eigenvalue weighted by Crippen LogP contribution is -3.15. The highest BCUT2D eigenvalue weighted by atomic mass is 32.2. The summed E-state index contributed by atoms with van der Waals surface area (Å²) in [4.78, 5) is 41.0. The quantitative estimate of drug-likeness (QED) is 0.634. The van der Waals surface area contributed by atoms with Gasteiger partial charge in [0.25, 0.3) is 0 Å². The number of thioether (sulfide) groups is 1. The van der Waals surface area contributed by atoms with Crippen LogP contribution < -0.4 is 10.2 Å². The SMILES string of the molecule is CCOC(=O)N1CC[NH+](CC(=O)N=C2NC(=O)CS2)CC1. The predicted molar refractivity (Wildman–Crippen MR) is 77.2 cm³/mol. The minimum absolute atomic E-state index is 0.123. The molecule has 3 amide bonds. The molecule has 2 N–H and O–H groups in total. The number of carbonyl (C=O) groups excluding carboxylic acids is 3. The lowest BCUT2D eigenvalue weighted by atomic mass is 10.3. The standard InChI is InChI=1S/C12H18N4O4S/c1-2-20-12(19)16-5-3-15(4-6-16)7-9(17)13-11-14-10(18)8-21-11/h2-8H2,1H3,(H,13,14,17,18)/p+1. The Morgan fingerprint density at radius 2 is 2.14 bits per heavy atom. The van der Waals surface area contributed by atoms with Crippen LogP contribution in [-0.4, -0.2) is 73.1 Å². The molecule has 0 aromatic heterocycles. The number of hydrogen-bond donors (Lipinski definition) is 2. The first-order valence-corrected chi connectivity index (χ1v) is 7.86. The van der Waals surface area contributed by atoms with Crippen molar-refractivity contribution in [3.05, 3.63) is 0 Å². The van der Waals surface area contributed by atoms with Crippen molar-refractivity contribution in [3.8, 4) is 0 Å². The van der Waals surface area contributed by atoms with E-state index in [4.69, 9.17) is 4.74 Å². The molecule has 0 atom stereocenters. The van der Waals surface area contributed by atoms with Gasteiger partial charge in [-0.2, -0.15) is 4.99 Å². The number of ether oxygens (including phenoxy) is 1. The van der Waals surface area contributed by atoms with Crippen LogP contribution in [0.2, 0.25) is 0 Å². The molecule has 2 fully saturated rings. The Hall–Kier alpha value is -1.61. The fraction of sp³-hybridized carbons (Fsp3) is 0.667. The Labute approximate surface area is 126 Å². The molecule has 0 aromatic rings. The average Bonchev–Trinajstić information content (AvgIpc) is 2.85. The third kappa shape index (κ3) is 4.71. The summed E-state index contributed by atoms with van der Waals surface area (Å²) >= 11 is 1.24. The second-order valence-electron chi connectivity index (χ2n) is 4.76. The zero-order valence-corrected chi connectivity index (χ0v) is 12.7. The predicted octanol–water partition coefficient (Wildman–Crippen LogP) is -1.91. The third-order valence-corrected chi connectivity index (χ3v) is 4.08. The Morgan fingerprint density at radius 1 is 1.43 bits per heavy atom. The molecular formula is C12H19N4O4S+. The van der Waals surface area contributed by atoms with Gasteiger partial charge in [0.15, 0.2) is 11.7 Å². The van der Waals surface area contributed by atoms with E-state index in [1.54, 1.807) is 11.8 Å². The molecule has 116 valence electrons. The smallest absolute Gasteiger partial charge is 0.410 e. The number of amidine groups is 1. The van der Waals surface area contributed by atoms with Gasteiger partial charge in [0.2, 0.25) is 5.91 Å². The van der Waals surface area contributed by atoms with Crippen LogP contribution in [0.1, 0.15) is 6.92 Å². The molecule has 0 bridgehead atoms. The van der Waals surface area contributed by atoms with Crippen LogP contribution in [0.15, 0.2) is 4.99 Å². The minimum Gasteiger partial charge on any atom is -0.450 e. The Kier molecular flexibility index (Phi) is 5.57. The summed E-state index contributed by atoms with van der Waals surface area (Å²) in [5.41, 5.74) is 0. The highest BCUT2D eigenvalue weighted by molar-refractivity contribution is 8.15. The molecule has 0 radical (unpaired) electrons. The number of nitrogens with zero attached hydrogens (tertiary/aromatic N) is 2. The molecule has 2 aliphatic rings. The highest BCUT2D eigenvalue weighted by Gasteiger charge is 2.26. The van der Waals surface area contributed by atoms with Crippen molar-refractivity contribution >= 4 is 34.8 Å². The fourth-order valence-corrected chi connectivity index (χ4v) is 2.84. The van der Waals surface area contributed by atoms with E-state index in [0.29, 0.717) is 43.7 Å². The van der Waals surface area contributed by atoms with Crippen LogP contribution in [0.25, 0.3) is 0 Å². The number of quaternary nitrogens is 1. The number of piperazine rings is 1. The van der Waals surface area contributed by atoms with E-state index >= 15 is 0 Å². The largest absolute Gasteiger partial charge is 0.450 e. The van der Waals surface area contributed by atoms with Crippen molar-refractivity contribution < 1.29 is 24.0 Å². The second kappa shape index (κ2) is 7.41. The van der Waals surface area contributed by atoms with Crippen LogP contribution in [0.4, 0.5) is 4.79 Å². The Balaban J connectivity index is 1.74. The number of hydrogen-bond acceptors (Lipinski definition) is 5. The topological polar surface area (TPSA) is 92.5 Å². The van der Waals surface area contributed by atoms with Gasteiger partial charge in [-0.1, -0.05) is 11.8 Å². The Bertz CT molecular complexity index is 460. The van der Waals surface area contributed by atoms with E-state index < -0.39 is 0 Å². The van der Waals surface area contributed by atoms with Crippen molar-refractivity contribution in [2.24, 2.45) is 4.99 Å². The van der Waals surface area contributed by atoms with Gasteiger partial charge in [0.1, 0.15) is 0 Å². The maximum Gasteiger partial charge on any atom is 0.410 e. The zero-order valence-electron chi connectivity index (χ0n) is 11.9. The van der Waals surface area contributed by atoms with Crippen LogP contribution in [0.3, 0.4) is 0 Å². The molecule has 8 nitrogen and oxygen atoms in total. The molecular weight excluding hydrogens is 296 g/mol. The molecule has 2 aliphatic heterocycles. The first kappa shape index (κ1) is 15.8. The van der Waals surface area contributed by atoms with Gasteiger partial charge in [0, 0.05) is 0 Å².